The molecule has 1 aliphatic heterocycles. The molecule has 2 aliphatic rings. The zero-order chi connectivity index (χ0) is 27.8. The van der Waals surface area contributed by atoms with E-state index in [9.17, 15) is 26.3 Å². The third-order valence-electron chi connectivity index (χ3n) is 5.20. The Labute approximate surface area is 206 Å². The molecule has 0 amide bonds. The fourth-order valence-corrected chi connectivity index (χ4v) is 3.47. The number of carboxylic acid groups (broad SMARTS) is 2. The average Bonchev–Trinajstić information content (AvgIpc) is 3.52. The van der Waals surface area contributed by atoms with Crippen LogP contribution in [0.25, 0.3) is 0 Å². The van der Waals surface area contributed by atoms with Crippen molar-refractivity contribution in [2.24, 2.45) is 5.92 Å². The van der Waals surface area contributed by atoms with Gasteiger partial charge in [0.15, 0.2) is 0 Å². The number of ether oxygens (including phenoxy) is 1. The van der Waals surface area contributed by atoms with E-state index >= 15 is 0 Å². The number of aliphatic carboxylic acids is 2. The Kier molecular flexibility index (Phi) is 10.4. The first-order chi connectivity index (χ1) is 17.2. The number of halogens is 6. The van der Waals surface area contributed by atoms with Gasteiger partial charge in [-0.05, 0) is 30.4 Å². The molecule has 1 aliphatic carbocycles. The molecule has 206 valence electrons. The Morgan fingerprint density at radius 1 is 1.11 bits per heavy atom. The standard InChI is InChI=1S/C17H23N5O.2C2HF3O2/c1-23-12-15-10-21(8-14-3-2-6-18-7-14)11-16-17(15)22(20-19-16)9-13-4-5-13;2*3-2(4,5)1(6)7/h2-3,6-7,13,15H,4-5,8-12H2,1H3;2*(H,6,7). The molecule has 10 nitrogen and oxygen atoms in total. The number of alkyl halides is 6. The van der Waals surface area contributed by atoms with Gasteiger partial charge in [0.25, 0.3) is 0 Å². The van der Waals surface area contributed by atoms with Crippen molar-refractivity contribution >= 4 is 11.9 Å². The van der Waals surface area contributed by atoms with Crippen LogP contribution in [0.3, 0.4) is 0 Å². The molecule has 1 saturated carbocycles. The number of hydrogen-bond acceptors (Lipinski definition) is 7. The van der Waals surface area contributed by atoms with Crippen molar-refractivity contribution in [2.45, 2.75) is 50.7 Å². The van der Waals surface area contributed by atoms with Gasteiger partial charge in [0.05, 0.1) is 12.3 Å². The lowest BCUT2D eigenvalue weighted by atomic mass is 9.98. The molecule has 0 radical (unpaired) electrons. The number of nitrogens with zero attached hydrogens (tertiary/aromatic N) is 5. The molecule has 3 heterocycles. The van der Waals surface area contributed by atoms with Crippen LogP contribution in [0.5, 0.6) is 0 Å². The number of pyridine rings is 1. The summed E-state index contributed by atoms with van der Waals surface area (Å²) in [6.45, 7) is 4.46. The SMILES string of the molecule is COCC1CN(Cc2cccnc2)Cc2nnn(CC3CC3)c21.O=C(O)C(F)(F)F.O=C(O)C(F)(F)F. The first kappa shape index (κ1) is 30.0. The first-order valence-electron chi connectivity index (χ1n) is 10.8. The molecule has 1 fully saturated rings. The molecule has 16 heteroatoms. The zero-order valence-corrected chi connectivity index (χ0v) is 19.5. The maximum absolute atomic E-state index is 10.6. The fraction of sp³-hybridized carbons (Fsp3) is 0.571. The summed E-state index contributed by atoms with van der Waals surface area (Å²) in [6.07, 6.45) is -3.76. The van der Waals surface area contributed by atoms with Gasteiger partial charge in [0.1, 0.15) is 5.69 Å². The van der Waals surface area contributed by atoms with Crippen molar-refractivity contribution in [1.29, 1.82) is 0 Å². The average molecular weight is 541 g/mol. The molecule has 0 aromatic carbocycles. The van der Waals surface area contributed by atoms with Crippen molar-refractivity contribution in [3.05, 3.63) is 41.5 Å². The number of methoxy groups -OCH3 is 1. The van der Waals surface area contributed by atoms with Crippen LogP contribution in [-0.4, -0.2) is 79.6 Å². The zero-order valence-electron chi connectivity index (χ0n) is 19.5. The van der Waals surface area contributed by atoms with E-state index in [-0.39, 0.29) is 0 Å². The van der Waals surface area contributed by atoms with Crippen LogP contribution >= 0.6 is 0 Å². The smallest absolute Gasteiger partial charge is 0.475 e. The highest BCUT2D eigenvalue weighted by atomic mass is 19.4. The predicted octanol–water partition coefficient (Wildman–Crippen LogP) is 3.10. The highest BCUT2D eigenvalue weighted by Gasteiger charge is 2.39. The molecule has 2 aromatic rings. The number of carboxylic acids is 2. The molecule has 1 unspecified atom stereocenters. The third-order valence-corrected chi connectivity index (χ3v) is 5.20. The summed E-state index contributed by atoms with van der Waals surface area (Å²) in [5.74, 6) is -4.37. The maximum atomic E-state index is 10.6. The van der Waals surface area contributed by atoms with Gasteiger partial charge in [-0.25, -0.2) is 14.3 Å². The molecular formula is C21H25F6N5O5. The van der Waals surface area contributed by atoms with Crippen LogP contribution in [0.2, 0.25) is 0 Å². The highest BCUT2D eigenvalue weighted by molar-refractivity contribution is 5.73. The molecule has 0 saturated heterocycles. The number of carbonyl (C=O) groups is 2. The summed E-state index contributed by atoms with van der Waals surface area (Å²) in [4.78, 5) is 24.4. The molecule has 1 atom stereocenters. The van der Waals surface area contributed by atoms with Gasteiger partial charge in [-0.1, -0.05) is 11.3 Å². The Hall–Kier alpha value is -3.27. The second-order valence-corrected chi connectivity index (χ2v) is 8.34. The highest BCUT2D eigenvalue weighted by Crippen LogP contribution is 2.34. The van der Waals surface area contributed by atoms with Crippen LogP contribution in [0.4, 0.5) is 26.3 Å². The molecule has 0 bridgehead atoms. The van der Waals surface area contributed by atoms with E-state index in [4.69, 9.17) is 24.5 Å². The predicted molar refractivity (Wildman–Crippen MR) is 113 cm³/mol. The van der Waals surface area contributed by atoms with Crippen LogP contribution in [0, 0.1) is 5.92 Å². The van der Waals surface area contributed by atoms with Crippen molar-refractivity contribution in [2.75, 3.05) is 20.3 Å². The minimum atomic E-state index is -5.08. The Morgan fingerprint density at radius 2 is 1.70 bits per heavy atom. The van der Waals surface area contributed by atoms with E-state index in [0.717, 1.165) is 37.8 Å². The Bertz CT molecular complexity index is 1000. The van der Waals surface area contributed by atoms with Crippen LogP contribution < -0.4 is 0 Å². The lowest BCUT2D eigenvalue weighted by molar-refractivity contribution is -0.193. The van der Waals surface area contributed by atoms with Crippen LogP contribution in [0.1, 0.15) is 35.7 Å². The van der Waals surface area contributed by atoms with Crippen molar-refractivity contribution in [3.63, 3.8) is 0 Å². The van der Waals surface area contributed by atoms with Gasteiger partial charge in [-0.3, -0.25) is 9.88 Å². The van der Waals surface area contributed by atoms with Gasteiger partial charge in [-0.15, -0.1) is 5.10 Å². The lowest BCUT2D eigenvalue weighted by Crippen LogP contribution is -2.36. The van der Waals surface area contributed by atoms with Gasteiger partial charge in [0.2, 0.25) is 0 Å². The third kappa shape index (κ3) is 9.95. The number of hydrogen-bond donors (Lipinski definition) is 2. The van der Waals surface area contributed by atoms with Gasteiger partial charge < -0.3 is 14.9 Å². The Balaban J connectivity index is 0.000000286. The molecule has 0 spiro atoms. The monoisotopic (exact) mass is 541 g/mol. The van der Waals surface area contributed by atoms with Crippen LogP contribution in [0.15, 0.2) is 24.5 Å². The van der Waals surface area contributed by atoms with Crippen molar-refractivity contribution < 1.29 is 50.9 Å². The minimum Gasteiger partial charge on any atom is -0.475 e. The molecule has 37 heavy (non-hydrogen) atoms. The maximum Gasteiger partial charge on any atom is 0.490 e. The minimum absolute atomic E-state index is 0.342. The number of aromatic nitrogens is 4. The largest absolute Gasteiger partial charge is 0.490 e. The summed E-state index contributed by atoms with van der Waals surface area (Å²) < 4.78 is 71.1. The normalized spacial score (nSPS) is 17.5. The summed E-state index contributed by atoms with van der Waals surface area (Å²) in [7, 11) is 1.77. The summed E-state index contributed by atoms with van der Waals surface area (Å²) in [5, 5.41) is 23.1. The fourth-order valence-electron chi connectivity index (χ4n) is 3.47. The Morgan fingerprint density at radius 3 is 2.16 bits per heavy atom. The van der Waals surface area contributed by atoms with E-state index in [0.29, 0.717) is 12.5 Å². The van der Waals surface area contributed by atoms with E-state index in [1.54, 1.807) is 7.11 Å². The topological polar surface area (TPSA) is 131 Å². The van der Waals surface area contributed by atoms with Crippen LogP contribution in [-0.2, 0) is 34.0 Å². The summed E-state index contributed by atoms with van der Waals surface area (Å²) >= 11 is 0. The van der Waals surface area contributed by atoms with Crippen molar-refractivity contribution in [1.82, 2.24) is 24.9 Å². The van der Waals surface area contributed by atoms with Gasteiger partial charge in [0, 0.05) is 51.6 Å². The second-order valence-electron chi connectivity index (χ2n) is 8.34. The lowest BCUT2D eigenvalue weighted by Gasteiger charge is -2.32. The van der Waals surface area contributed by atoms with Crippen molar-refractivity contribution in [3.8, 4) is 0 Å². The molecule has 4 rings (SSSR count). The molecule has 2 N–H and O–H groups in total. The van der Waals surface area contributed by atoms with E-state index in [2.05, 4.69) is 30.9 Å². The van der Waals surface area contributed by atoms with E-state index in [1.165, 1.54) is 24.1 Å². The second kappa shape index (κ2) is 12.8. The molecule has 2 aromatic heterocycles. The first-order valence-corrected chi connectivity index (χ1v) is 10.8. The van der Waals surface area contributed by atoms with Gasteiger partial charge >= 0.3 is 24.3 Å². The van der Waals surface area contributed by atoms with E-state index < -0.39 is 24.3 Å². The van der Waals surface area contributed by atoms with E-state index in [1.807, 2.05) is 18.5 Å². The summed E-state index contributed by atoms with van der Waals surface area (Å²) in [5.41, 5.74) is 3.64. The number of rotatable bonds is 6. The van der Waals surface area contributed by atoms with Gasteiger partial charge in [-0.2, -0.15) is 26.3 Å². The molecular weight excluding hydrogens is 516 g/mol. The quantitative estimate of drug-likeness (QED) is 0.530. The summed E-state index contributed by atoms with van der Waals surface area (Å²) in [6, 6.07) is 4.11. The number of fused-ring (bicyclic) bond motifs is 1.